The highest BCUT2D eigenvalue weighted by Gasteiger charge is 2.16. The fourth-order valence-corrected chi connectivity index (χ4v) is 4.41. The van der Waals surface area contributed by atoms with Crippen LogP contribution in [0.25, 0.3) is 10.2 Å². The van der Waals surface area contributed by atoms with Gasteiger partial charge >= 0.3 is 0 Å². The van der Waals surface area contributed by atoms with Gasteiger partial charge in [0.1, 0.15) is 0 Å². The third-order valence-electron chi connectivity index (χ3n) is 4.11. The second-order valence-electron chi connectivity index (χ2n) is 6.23. The number of rotatable bonds is 6. The van der Waals surface area contributed by atoms with Crippen molar-refractivity contribution in [3.8, 4) is 0 Å². The first kappa shape index (κ1) is 18.6. The summed E-state index contributed by atoms with van der Waals surface area (Å²) in [6, 6.07) is 17.8. The molecule has 0 saturated heterocycles. The average Bonchev–Trinajstić information content (AvgIpc) is 3.12. The molecule has 1 amide bonds. The van der Waals surface area contributed by atoms with Gasteiger partial charge in [-0.05, 0) is 42.8 Å². The second-order valence-corrected chi connectivity index (χ2v) is 8.65. The zero-order chi connectivity index (χ0) is 19.3. The SMILES string of the molecule is C[C@H](Sc1ncccn1)C(=O)Nc1ccc(Cc2nc3ccccc3s2)cc1. The minimum Gasteiger partial charge on any atom is -0.325 e. The number of thiazole rings is 1. The monoisotopic (exact) mass is 406 g/mol. The van der Waals surface area contributed by atoms with Crippen molar-refractivity contribution in [2.45, 2.75) is 23.8 Å². The molecule has 4 rings (SSSR count). The summed E-state index contributed by atoms with van der Waals surface area (Å²) in [4.78, 5) is 25.4. The molecular formula is C21H18N4OS2. The van der Waals surface area contributed by atoms with Gasteiger partial charge in [-0.25, -0.2) is 15.0 Å². The molecule has 2 aromatic heterocycles. The molecular weight excluding hydrogens is 388 g/mol. The largest absolute Gasteiger partial charge is 0.325 e. The number of hydrogen-bond acceptors (Lipinski definition) is 6. The predicted octanol–water partition coefficient (Wildman–Crippen LogP) is 4.80. The number of benzene rings is 2. The van der Waals surface area contributed by atoms with Crippen LogP contribution >= 0.6 is 23.1 Å². The van der Waals surface area contributed by atoms with E-state index < -0.39 is 0 Å². The third kappa shape index (κ3) is 4.55. The molecule has 5 nitrogen and oxygen atoms in total. The lowest BCUT2D eigenvalue weighted by Crippen LogP contribution is -2.22. The van der Waals surface area contributed by atoms with Crippen molar-refractivity contribution in [1.29, 1.82) is 0 Å². The van der Waals surface area contributed by atoms with E-state index in [2.05, 4.69) is 26.3 Å². The van der Waals surface area contributed by atoms with Crippen molar-refractivity contribution in [2.24, 2.45) is 0 Å². The molecule has 0 aliphatic heterocycles. The van der Waals surface area contributed by atoms with E-state index in [9.17, 15) is 4.79 Å². The van der Waals surface area contributed by atoms with Crippen LogP contribution in [0.3, 0.4) is 0 Å². The number of para-hydroxylation sites is 1. The van der Waals surface area contributed by atoms with Gasteiger partial charge in [-0.2, -0.15) is 0 Å². The highest BCUT2D eigenvalue weighted by Crippen LogP contribution is 2.24. The maximum Gasteiger partial charge on any atom is 0.237 e. The number of nitrogens with zero attached hydrogens (tertiary/aromatic N) is 3. The topological polar surface area (TPSA) is 67.8 Å². The highest BCUT2D eigenvalue weighted by atomic mass is 32.2. The van der Waals surface area contributed by atoms with E-state index in [1.807, 2.05) is 49.4 Å². The molecule has 0 spiro atoms. The lowest BCUT2D eigenvalue weighted by atomic mass is 10.1. The maximum absolute atomic E-state index is 12.4. The standard InChI is InChI=1S/C21H18N4OS2/c1-14(27-21-22-11-4-12-23-21)20(26)24-16-9-7-15(8-10-16)13-19-25-17-5-2-3-6-18(17)28-19/h2-12,14H,13H2,1H3,(H,24,26)/t14-/m0/s1. The van der Waals surface area contributed by atoms with Crippen LogP contribution in [0.2, 0.25) is 0 Å². The van der Waals surface area contributed by atoms with Crippen LogP contribution < -0.4 is 5.32 Å². The Morgan fingerprint density at radius 2 is 1.82 bits per heavy atom. The Morgan fingerprint density at radius 1 is 1.07 bits per heavy atom. The Morgan fingerprint density at radius 3 is 2.57 bits per heavy atom. The first-order chi connectivity index (χ1) is 13.7. The summed E-state index contributed by atoms with van der Waals surface area (Å²) in [5.41, 5.74) is 2.98. The van der Waals surface area contributed by atoms with E-state index in [4.69, 9.17) is 0 Å². The molecule has 0 unspecified atom stereocenters. The van der Waals surface area contributed by atoms with Crippen LogP contribution in [-0.4, -0.2) is 26.1 Å². The van der Waals surface area contributed by atoms with Crippen LogP contribution in [0.5, 0.6) is 0 Å². The number of aromatic nitrogens is 3. The molecule has 28 heavy (non-hydrogen) atoms. The molecule has 0 aliphatic rings. The summed E-state index contributed by atoms with van der Waals surface area (Å²) in [5.74, 6) is -0.0728. The summed E-state index contributed by atoms with van der Waals surface area (Å²) in [6.07, 6.45) is 4.12. The van der Waals surface area contributed by atoms with E-state index in [1.54, 1.807) is 29.8 Å². The number of amides is 1. The third-order valence-corrected chi connectivity index (χ3v) is 6.13. The van der Waals surface area contributed by atoms with Crippen LogP contribution in [0.4, 0.5) is 5.69 Å². The van der Waals surface area contributed by atoms with Gasteiger partial charge in [-0.1, -0.05) is 36.0 Å². The van der Waals surface area contributed by atoms with Crippen LogP contribution in [0.15, 0.2) is 72.1 Å². The van der Waals surface area contributed by atoms with E-state index in [1.165, 1.54) is 16.5 Å². The van der Waals surface area contributed by atoms with E-state index in [-0.39, 0.29) is 11.2 Å². The predicted molar refractivity (Wildman–Crippen MR) is 115 cm³/mol. The Balaban J connectivity index is 1.36. The van der Waals surface area contributed by atoms with Crippen LogP contribution in [0.1, 0.15) is 17.5 Å². The normalized spacial score (nSPS) is 12.0. The summed E-state index contributed by atoms with van der Waals surface area (Å²) in [6.45, 7) is 1.85. The van der Waals surface area contributed by atoms with E-state index >= 15 is 0 Å². The maximum atomic E-state index is 12.4. The molecule has 7 heteroatoms. The molecule has 0 bridgehead atoms. The number of thioether (sulfide) groups is 1. The Hall–Kier alpha value is -2.77. The van der Waals surface area contributed by atoms with E-state index in [0.717, 1.165) is 28.2 Å². The number of fused-ring (bicyclic) bond motifs is 1. The van der Waals surface area contributed by atoms with E-state index in [0.29, 0.717) is 5.16 Å². The smallest absolute Gasteiger partial charge is 0.237 e. The zero-order valence-electron chi connectivity index (χ0n) is 15.2. The van der Waals surface area contributed by atoms with Crippen molar-refractivity contribution in [3.63, 3.8) is 0 Å². The van der Waals surface area contributed by atoms with Gasteiger partial charge in [0.25, 0.3) is 0 Å². The minimum atomic E-state index is -0.287. The van der Waals surface area contributed by atoms with Crippen molar-refractivity contribution >= 4 is 44.9 Å². The number of hydrogen-bond donors (Lipinski definition) is 1. The van der Waals surface area contributed by atoms with Crippen molar-refractivity contribution in [1.82, 2.24) is 15.0 Å². The van der Waals surface area contributed by atoms with Crippen LogP contribution in [0, 0.1) is 0 Å². The summed E-state index contributed by atoms with van der Waals surface area (Å²) < 4.78 is 1.20. The fraction of sp³-hybridized carbons (Fsp3) is 0.143. The molecule has 4 aromatic rings. The second kappa shape index (κ2) is 8.50. The fourth-order valence-electron chi connectivity index (χ4n) is 2.68. The van der Waals surface area contributed by atoms with Crippen LogP contribution in [-0.2, 0) is 11.2 Å². The van der Waals surface area contributed by atoms with Gasteiger partial charge in [0.05, 0.1) is 20.5 Å². The molecule has 0 fully saturated rings. The quantitative estimate of drug-likeness (QED) is 0.368. The first-order valence-corrected chi connectivity index (χ1v) is 10.5. The van der Waals surface area contributed by atoms with Gasteiger partial charge in [0.2, 0.25) is 5.91 Å². The van der Waals surface area contributed by atoms with Crippen molar-refractivity contribution in [3.05, 3.63) is 77.6 Å². The van der Waals surface area contributed by atoms with Gasteiger partial charge in [0, 0.05) is 24.5 Å². The lowest BCUT2D eigenvalue weighted by molar-refractivity contribution is -0.115. The van der Waals surface area contributed by atoms with Crippen molar-refractivity contribution < 1.29 is 4.79 Å². The summed E-state index contributed by atoms with van der Waals surface area (Å²) >= 11 is 3.05. The minimum absolute atomic E-state index is 0.0728. The van der Waals surface area contributed by atoms with Gasteiger partial charge < -0.3 is 5.32 Å². The average molecular weight is 407 g/mol. The Labute approximate surface area is 171 Å². The Bertz CT molecular complexity index is 1050. The molecule has 1 atom stereocenters. The number of carbonyl (C=O) groups excluding carboxylic acids is 1. The molecule has 140 valence electrons. The van der Waals surface area contributed by atoms with Gasteiger partial charge in [0.15, 0.2) is 5.16 Å². The first-order valence-electron chi connectivity index (χ1n) is 8.85. The van der Waals surface area contributed by atoms with Gasteiger partial charge in [-0.15, -0.1) is 11.3 Å². The summed E-state index contributed by atoms with van der Waals surface area (Å²) in [5, 5.41) is 4.34. The summed E-state index contributed by atoms with van der Waals surface area (Å²) in [7, 11) is 0. The van der Waals surface area contributed by atoms with Crippen molar-refractivity contribution in [2.75, 3.05) is 5.32 Å². The molecule has 0 radical (unpaired) electrons. The molecule has 1 N–H and O–H groups in total. The molecule has 2 aromatic carbocycles. The lowest BCUT2D eigenvalue weighted by Gasteiger charge is -2.11. The molecule has 2 heterocycles. The Kier molecular flexibility index (Phi) is 5.64. The highest BCUT2D eigenvalue weighted by molar-refractivity contribution is 8.00. The molecule has 0 saturated carbocycles. The number of carbonyl (C=O) groups is 1. The molecule has 0 aliphatic carbocycles. The number of nitrogens with one attached hydrogen (secondary N) is 1. The van der Waals surface area contributed by atoms with Gasteiger partial charge in [-0.3, -0.25) is 4.79 Å². The zero-order valence-corrected chi connectivity index (χ0v) is 16.8. The number of anilines is 1.